The van der Waals surface area contributed by atoms with Crippen molar-refractivity contribution in [3.63, 3.8) is 0 Å². The molecule has 1 N–H and O–H groups in total. The Kier molecular flexibility index (Phi) is 3.76. The summed E-state index contributed by atoms with van der Waals surface area (Å²) in [4.78, 5) is 19.4. The van der Waals surface area contributed by atoms with Crippen LogP contribution in [0.4, 0.5) is 14.9 Å². The number of aliphatic hydroxyl groups excluding tert-OH is 1. The maximum absolute atomic E-state index is 15.3. The van der Waals surface area contributed by atoms with Gasteiger partial charge < -0.3 is 9.84 Å². The Morgan fingerprint density at radius 3 is 2.93 bits per heavy atom. The number of halogens is 1. The number of hydrogen-bond acceptors (Lipinski definition) is 7. The van der Waals surface area contributed by atoms with Gasteiger partial charge in [0.05, 0.1) is 37.6 Å². The van der Waals surface area contributed by atoms with E-state index in [1.165, 1.54) is 9.70 Å². The molecule has 1 aromatic carbocycles. The van der Waals surface area contributed by atoms with Crippen LogP contribution in [0.5, 0.6) is 0 Å². The first-order valence-electron chi connectivity index (χ1n) is 8.96. The van der Waals surface area contributed by atoms with Crippen LogP contribution in [0.15, 0.2) is 23.2 Å². The second kappa shape index (κ2) is 6.20. The zero-order chi connectivity index (χ0) is 19.4. The highest BCUT2D eigenvalue weighted by Gasteiger charge is 2.48. The van der Waals surface area contributed by atoms with Gasteiger partial charge in [-0.15, -0.1) is 10.2 Å². The van der Waals surface area contributed by atoms with Crippen LogP contribution in [0.2, 0.25) is 0 Å². The van der Waals surface area contributed by atoms with E-state index in [0.29, 0.717) is 47.7 Å². The lowest BCUT2D eigenvalue weighted by Crippen LogP contribution is -2.34. The lowest BCUT2D eigenvalue weighted by atomic mass is 9.96. The standard InChI is InChI=1S/C18H17FN6O3/c1-24-22-17(21-23-24)12-4-2-9(7-20-12)10-3-5-13-11(16(10)19)6-14-15(8-26)28-18(27)25(13)14/h2-3,5,14-15,26H,4,6-8H2,1H3. The number of allylic oxidation sites excluding steroid dienone is 1. The summed E-state index contributed by atoms with van der Waals surface area (Å²) in [6, 6.07) is 3.03. The number of fused-ring (bicyclic) bond motifs is 3. The Balaban J connectivity index is 1.43. The number of benzene rings is 1. The normalized spacial score (nSPS) is 23.2. The topological polar surface area (TPSA) is 106 Å². The molecule has 1 amide bonds. The molecule has 10 heteroatoms. The largest absolute Gasteiger partial charge is 0.441 e. The number of aliphatic imine (C=N–C) groups is 1. The number of cyclic esters (lactones) is 1. The van der Waals surface area contributed by atoms with Crippen molar-refractivity contribution in [2.24, 2.45) is 12.0 Å². The van der Waals surface area contributed by atoms with Crippen molar-refractivity contribution in [3.05, 3.63) is 41.0 Å². The molecule has 0 saturated carbocycles. The van der Waals surface area contributed by atoms with Crippen LogP contribution < -0.4 is 4.90 Å². The van der Waals surface area contributed by atoms with Gasteiger partial charge in [-0.2, -0.15) is 4.80 Å². The number of rotatable bonds is 3. The lowest BCUT2D eigenvalue weighted by Gasteiger charge is -2.16. The van der Waals surface area contributed by atoms with Gasteiger partial charge in [0.25, 0.3) is 0 Å². The molecular formula is C18H17FN6O3. The average molecular weight is 384 g/mol. The van der Waals surface area contributed by atoms with Gasteiger partial charge in [-0.1, -0.05) is 6.08 Å². The molecule has 1 aromatic heterocycles. The second-order valence-corrected chi connectivity index (χ2v) is 6.97. The van der Waals surface area contributed by atoms with Crippen LogP contribution in [0.25, 0.3) is 5.57 Å². The van der Waals surface area contributed by atoms with Crippen LogP contribution in [0, 0.1) is 5.82 Å². The summed E-state index contributed by atoms with van der Waals surface area (Å²) in [7, 11) is 1.68. The molecular weight excluding hydrogens is 367 g/mol. The smallest absolute Gasteiger partial charge is 0.415 e. The summed E-state index contributed by atoms with van der Waals surface area (Å²) in [6.45, 7) is 0.0339. The van der Waals surface area contributed by atoms with Crippen molar-refractivity contribution >= 4 is 23.1 Å². The molecule has 144 valence electrons. The summed E-state index contributed by atoms with van der Waals surface area (Å²) in [6.07, 6.45) is 1.55. The Morgan fingerprint density at radius 1 is 1.39 bits per heavy atom. The van der Waals surface area contributed by atoms with Crippen molar-refractivity contribution in [2.75, 3.05) is 18.1 Å². The zero-order valence-electron chi connectivity index (χ0n) is 15.0. The molecule has 2 aromatic rings. The average Bonchev–Trinajstić information content (AvgIpc) is 3.38. The molecule has 3 aliphatic heterocycles. The molecule has 0 spiro atoms. The quantitative estimate of drug-likeness (QED) is 0.842. The summed E-state index contributed by atoms with van der Waals surface area (Å²) in [5, 5.41) is 21.3. The fraction of sp³-hybridized carbons (Fsp3) is 0.389. The lowest BCUT2D eigenvalue weighted by molar-refractivity contribution is 0.0829. The van der Waals surface area contributed by atoms with E-state index in [0.717, 1.165) is 5.57 Å². The third-order valence-electron chi connectivity index (χ3n) is 5.38. The number of anilines is 1. The van der Waals surface area contributed by atoms with Gasteiger partial charge >= 0.3 is 6.09 Å². The van der Waals surface area contributed by atoms with Crippen molar-refractivity contribution in [1.29, 1.82) is 0 Å². The van der Waals surface area contributed by atoms with Gasteiger partial charge in [-0.3, -0.25) is 9.89 Å². The fourth-order valence-electron chi connectivity index (χ4n) is 4.00. The van der Waals surface area contributed by atoms with Crippen LogP contribution >= 0.6 is 0 Å². The van der Waals surface area contributed by atoms with Gasteiger partial charge in [0.15, 0.2) is 0 Å². The summed E-state index contributed by atoms with van der Waals surface area (Å²) < 4.78 is 20.4. The molecule has 0 aliphatic carbocycles. The summed E-state index contributed by atoms with van der Waals surface area (Å²) in [5.74, 6) is 0.125. The highest BCUT2D eigenvalue weighted by Crippen LogP contribution is 2.41. The van der Waals surface area contributed by atoms with E-state index in [2.05, 4.69) is 20.4 Å². The molecule has 1 fully saturated rings. The van der Waals surface area contributed by atoms with Gasteiger partial charge in [0, 0.05) is 24.0 Å². The maximum Gasteiger partial charge on any atom is 0.415 e. The van der Waals surface area contributed by atoms with Crippen molar-refractivity contribution < 1.29 is 19.0 Å². The van der Waals surface area contributed by atoms with E-state index < -0.39 is 12.2 Å². The minimum atomic E-state index is -0.636. The molecule has 0 bridgehead atoms. The van der Waals surface area contributed by atoms with Crippen LogP contribution in [0.3, 0.4) is 0 Å². The van der Waals surface area contributed by atoms with E-state index in [9.17, 15) is 9.90 Å². The Hall–Kier alpha value is -3.14. The molecule has 1 saturated heterocycles. The number of amides is 1. The maximum atomic E-state index is 15.3. The summed E-state index contributed by atoms with van der Waals surface area (Å²) >= 11 is 0. The highest BCUT2D eigenvalue weighted by molar-refractivity contribution is 6.01. The minimum Gasteiger partial charge on any atom is -0.441 e. The van der Waals surface area contributed by atoms with E-state index in [4.69, 9.17) is 4.74 Å². The van der Waals surface area contributed by atoms with Gasteiger partial charge in [0.2, 0.25) is 5.82 Å². The molecule has 2 atom stereocenters. The molecule has 4 heterocycles. The number of tetrazole rings is 1. The number of aromatic nitrogens is 4. The number of carbonyl (C=O) groups is 1. The minimum absolute atomic E-state index is 0.283. The Labute approximate surface area is 159 Å². The Morgan fingerprint density at radius 2 is 2.25 bits per heavy atom. The summed E-state index contributed by atoms with van der Waals surface area (Å²) in [5.41, 5.74) is 2.96. The fourth-order valence-corrected chi connectivity index (χ4v) is 4.00. The SMILES string of the molecule is Cn1nnc(C2=NCC(c3ccc4c(c3F)CC3C(CO)OC(=O)N43)=CC2)n1. The van der Waals surface area contributed by atoms with E-state index in [-0.39, 0.29) is 18.5 Å². The number of hydrogen-bond donors (Lipinski definition) is 1. The molecule has 9 nitrogen and oxygen atoms in total. The van der Waals surface area contributed by atoms with Crippen LogP contribution in [-0.4, -0.2) is 62.4 Å². The van der Waals surface area contributed by atoms with Crippen molar-refractivity contribution in [1.82, 2.24) is 20.2 Å². The van der Waals surface area contributed by atoms with Gasteiger partial charge in [-0.05, 0) is 22.9 Å². The molecule has 28 heavy (non-hydrogen) atoms. The van der Waals surface area contributed by atoms with E-state index in [1.807, 2.05) is 6.08 Å². The van der Waals surface area contributed by atoms with Crippen LogP contribution in [0.1, 0.15) is 23.4 Å². The number of nitrogens with zero attached hydrogens (tertiary/aromatic N) is 6. The highest BCUT2D eigenvalue weighted by atomic mass is 19.1. The predicted octanol–water partition coefficient (Wildman–Crippen LogP) is 0.868. The van der Waals surface area contributed by atoms with Crippen molar-refractivity contribution in [2.45, 2.75) is 25.0 Å². The first-order valence-corrected chi connectivity index (χ1v) is 8.96. The first-order chi connectivity index (χ1) is 13.6. The molecule has 5 rings (SSSR count). The van der Waals surface area contributed by atoms with Gasteiger partial charge in [0.1, 0.15) is 11.9 Å². The zero-order valence-corrected chi connectivity index (χ0v) is 15.0. The first kappa shape index (κ1) is 17.0. The monoisotopic (exact) mass is 384 g/mol. The van der Waals surface area contributed by atoms with Crippen molar-refractivity contribution in [3.8, 4) is 0 Å². The van der Waals surface area contributed by atoms with E-state index >= 15 is 4.39 Å². The Bertz CT molecular complexity index is 1050. The number of carbonyl (C=O) groups excluding carboxylic acids is 1. The van der Waals surface area contributed by atoms with E-state index in [1.54, 1.807) is 19.2 Å². The second-order valence-electron chi connectivity index (χ2n) is 6.97. The number of ether oxygens (including phenoxy) is 1. The number of aliphatic hydroxyl groups is 1. The van der Waals surface area contributed by atoms with Crippen LogP contribution in [-0.2, 0) is 18.2 Å². The van der Waals surface area contributed by atoms with Gasteiger partial charge in [-0.25, -0.2) is 9.18 Å². The third kappa shape index (κ3) is 2.44. The molecule has 3 aliphatic rings. The third-order valence-corrected chi connectivity index (χ3v) is 5.38. The predicted molar refractivity (Wildman–Crippen MR) is 96.5 cm³/mol. The molecule has 2 unspecified atom stereocenters. The molecule has 0 radical (unpaired) electrons. The number of dihydropyridines is 1. The number of aryl methyl sites for hydroxylation is 1.